The lowest BCUT2D eigenvalue weighted by Crippen LogP contribution is -2.38. The first kappa shape index (κ1) is 24.0. The van der Waals surface area contributed by atoms with Crippen LogP contribution in [0.5, 0.6) is 0 Å². The van der Waals surface area contributed by atoms with E-state index < -0.39 is 61.1 Å². The quantitative estimate of drug-likeness (QED) is 0.292. The fourth-order valence-corrected chi connectivity index (χ4v) is 4.40. The van der Waals surface area contributed by atoms with E-state index in [0.717, 1.165) is 24.3 Å². The number of nitro groups is 1. The van der Waals surface area contributed by atoms with E-state index in [2.05, 4.69) is 0 Å². The third kappa shape index (κ3) is 5.07. The zero-order valence-electron chi connectivity index (χ0n) is 16.3. The van der Waals surface area contributed by atoms with Crippen molar-refractivity contribution in [1.82, 2.24) is 0 Å². The normalized spacial score (nSPS) is 11.2. The van der Waals surface area contributed by atoms with Gasteiger partial charge < -0.3 is 5.32 Å². The Balaban J connectivity index is 1.99. The van der Waals surface area contributed by atoms with Gasteiger partial charge in [0.05, 0.1) is 21.2 Å². The lowest BCUT2D eigenvalue weighted by Gasteiger charge is -2.24. The highest BCUT2D eigenvalue weighted by Crippen LogP contribution is 2.30. The van der Waals surface area contributed by atoms with E-state index >= 15 is 0 Å². The summed E-state index contributed by atoms with van der Waals surface area (Å²) in [4.78, 5) is 22.3. The number of para-hydroxylation sites is 1. The molecule has 0 saturated heterocycles. The molecule has 1 amide bonds. The van der Waals surface area contributed by atoms with Crippen molar-refractivity contribution in [2.45, 2.75) is 4.90 Å². The number of rotatable bonds is 7. The van der Waals surface area contributed by atoms with Crippen molar-refractivity contribution >= 4 is 44.6 Å². The predicted octanol–water partition coefficient (Wildman–Crippen LogP) is 4.50. The van der Waals surface area contributed by atoms with Gasteiger partial charge in [-0.2, -0.15) is 0 Å². The zero-order valence-corrected chi connectivity index (χ0v) is 17.9. The average molecular weight is 500 g/mol. The Morgan fingerprint density at radius 3 is 2.33 bits per heavy atom. The summed E-state index contributed by atoms with van der Waals surface area (Å²) in [6.07, 6.45) is 0. The van der Waals surface area contributed by atoms with Crippen LogP contribution < -0.4 is 9.62 Å². The summed E-state index contributed by atoms with van der Waals surface area (Å²) >= 11 is 5.74. The molecule has 0 fully saturated rings. The first-order valence-electron chi connectivity index (χ1n) is 8.97. The number of carbonyl (C=O) groups is 1. The molecule has 0 unspecified atom stereocenters. The maximum absolute atomic E-state index is 13.9. The number of benzene rings is 3. The third-order valence-corrected chi connectivity index (χ3v) is 6.43. The summed E-state index contributed by atoms with van der Waals surface area (Å²) in [7, 11) is -4.56. The zero-order chi connectivity index (χ0) is 24.3. The number of halogens is 4. The van der Waals surface area contributed by atoms with E-state index in [4.69, 9.17) is 11.6 Å². The van der Waals surface area contributed by atoms with Crippen LogP contribution in [0.15, 0.2) is 65.6 Å². The second-order valence-corrected chi connectivity index (χ2v) is 8.76. The molecule has 0 radical (unpaired) electrons. The summed E-state index contributed by atoms with van der Waals surface area (Å²) in [5.74, 6) is -6.03. The van der Waals surface area contributed by atoms with Gasteiger partial charge in [0.15, 0.2) is 17.5 Å². The summed E-state index contributed by atoms with van der Waals surface area (Å²) in [5.41, 5.74) is -1.36. The fourth-order valence-electron chi connectivity index (χ4n) is 2.77. The fraction of sp³-hybridized carbons (Fsp3) is 0.0500. The van der Waals surface area contributed by atoms with Crippen LogP contribution in [0.1, 0.15) is 0 Å². The summed E-state index contributed by atoms with van der Waals surface area (Å²) in [6.45, 7) is -0.915. The van der Waals surface area contributed by atoms with Crippen LogP contribution >= 0.6 is 11.6 Å². The SMILES string of the molecule is O=C(CN(c1ccccc1)S(=O)(=O)c1ccc(Cl)c([N+](=O)[O-])c1)Nc1ccc(F)c(F)c1F. The first-order chi connectivity index (χ1) is 15.5. The third-order valence-electron chi connectivity index (χ3n) is 4.34. The highest BCUT2D eigenvalue weighted by Gasteiger charge is 2.30. The molecule has 1 N–H and O–H groups in total. The van der Waals surface area contributed by atoms with Gasteiger partial charge in [0.1, 0.15) is 11.6 Å². The van der Waals surface area contributed by atoms with Crippen molar-refractivity contribution in [2.24, 2.45) is 0 Å². The van der Waals surface area contributed by atoms with Crippen LogP contribution in [0.2, 0.25) is 5.02 Å². The average Bonchev–Trinajstić information content (AvgIpc) is 2.78. The molecule has 13 heteroatoms. The molecule has 0 aromatic heterocycles. The van der Waals surface area contributed by atoms with Crippen molar-refractivity contribution in [3.05, 3.63) is 93.3 Å². The summed E-state index contributed by atoms with van der Waals surface area (Å²) in [5, 5.41) is 12.9. The molecule has 0 aliphatic heterocycles. The summed E-state index contributed by atoms with van der Waals surface area (Å²) in [6, 6.07) is 11.4. The molecular weight excluding hydrogens is 487 g/mol. The molecular formula is C20H13ClF3N3O5S. The second kappa shape index (κ2) is 9.46. The van der Waals surface area contributed by atoms with Crippen molar-refractivity contribution in [1.29, 1.82) is 0 Å². The van der Waals surface area contributed by atoms with Gasteiger partial charge >= 0.3 is 0 Å². The number of hydrogen-bond donors (Lipinski definition) is 1. The molecule has 0 atom stereocenters. The first-order valence-corrected chi connectivity index (χ1v) is 10.8. The molecule has 33 heavy (non-hydrogen) atoms. The second-order valence-electron chi connectivity index (χ2n) is 6.49. The van der Waals surface area contributed by atoms with Gasteiger partial charge in [-0.1, -0.05) is 29.8 Å². The monoisotopic (exact) mass is 499 g/mol. The van der Waals surface area contributed by atoms with Crippen LogP contribution in [0.4, 0.5) is 30.2 Å². The topological polar surface area (TPSA) is 110 Å². The molecule has 0 aliphatic rings. The minimum Gasteiger partial charge on any atom is -0.322 e. The highest BCUT2D eigenvalue weighted by molar-refractivity contribution is 7.92. The lowest BCUT2D eigenvalue weighted by molar-refractivity contribution is -0.384. The number of nitrogens with zero attached hydrogens (tertiary/aromatic N) is 2. The molecule has 3 aromatic rings. The number of amides is 1. The Hall–Kier alpha value is -3.64. The van der Waals surface area contributed by atoms with Crippen molar-refractivity contribution in [3.8, 4) is 0 Å². The van der Waals surface area contributed by atoms with E-state index in [1.54, 1.807) is 6.07 Å². The molecule has 0 spiro atoms. The van der Waals surface area contributed by atoms with Crippen LogP contribution in [0.25, 0.3) is 0 Å². The van der Waals surface area contributed by atoms with Crippen molar-refractivity contribution in [2.75, 3.05) is 16.2 Å². The van der Waals surface area contributed by atoms with Gasteiger partial charge in [-0.15, -0.1) is 0 Å². The van der Waals surface area contributed by atoms with E-state index in [-0.39, 0.29) is 10.7 Å². The minimum atomic E-state index is -4.56. The van der Waals surface area contributed by atoms with E-state index in [1.807, 2.05) is 5.32 Å². The van der Waals surface area contributed by atoms with Crippen LogP contribution in [0.3, 0.4) is 0 Å². The van der Waals surface area contributed by atoms with E-state index in [0.29, 0.717) is 10.4 Å². The number of nitrogens with one attached hydrogen (secondary N) is 1. The molecule has 8 nitrogen and oxygen atoms in total. The van der Waals surface area contributed by atoms with Crippen LogP contribution in [-0.4, -0.2) is 25.8 Å². The Morgan fingerprint density at radius 1 is 1.03 bits per heavy atom. The van der Waals surface area contributed by atoms with E-state index in [1.165, 1.54) is 24.3 Å². The number of carbonyl (C=O) groups excluding carboxylic acids is 1. The van der Waals surface area contributed by atoms with Gasteiger partial charge in [0, 0.05) is 6.07 Å². The number of sulfonamides is 1. The van der Waals surface area contributed by atoms with Gasteiger partial charge in [0.25, 0.3) is 15.7 Å². The smallest absolute Gasteiger partial charge is 0.289 e. The van der Waals surface area contributed by atoms with Crippen LogP contribution in [-0.2, 0) is 14.8 Å². The number of anilines is 2. The van der Waals surface area contributed by atoms with Gasteiger partial charge in [-0.05, 0) is 36.4 Å². The van der Waals surface area contributed by atoms with Crippen molar-refractivity contribution in [3.63, 3.8) is 0 Å². The largest absolute Gasteiger partial charge is 0.322 e. The summed E-state index contributed by atoms with van der Waals surface area (Å²) < 4.78 is 67.6. The predicted molar refractivity (Wildman–Crippen MR) is 114 cm³/mol. The lowest BCUT2D eigenvalue weighted by atomic mass is 10.2. The Morgan fingerprint density at radius 2 is 1.70 bits per heavy atom. The molecule has 0 saturated carbocycles. The van der Waals surface area contributed by atoms with Crippen LogP contribution in [0, 0.1) is 27.6 Å². The standard InChI is InChI=1S/C20H13ClF3N3O5S/c21-14-7-6-13(10-17(14)27(29)30)33(31,32)26(12-4-2-1-3-5-12)11-18(28)25-16-9-8-15(22)19(23)20(16)24/h1-10H,11H2,(H,25,28). The Labute approximate surface area is 190 Å². The minimum absolute atomic E-state index is 0.0102. The maximum Gasteiger partial charge on any atom is 0.289 e. The van der Waals surface area contributed by atoms with Gasteiger partial charge in [-0.3, -0.25) is 19.2 Å². The molecule has 0 heterocycles. The van der Waals surface area contributed by atoms with Crippen molar-refractivity contribution < 1.29 is 31.3 Å². The molecule has 0 aliphatic carbocycles. The number of nitro benzene ring substituents is 1. The van der Waals surface area contributed by atoms with E-state index in [9.17, 15) is 36.5 Å². The molecule has 172 valence electrons. The Bertz CT molecular complexity index is 1340. The number of hydrogen-bond acceptors (Lipinski definition) is 5. The van der Waals surface area contributed by atoms with Gasteiger partial charge in [-0.25, -0.2) is 21.6 Å². The maximum atomic E-state index is 13.9. The Kier molecular flexibility index (Phi) is 6.89. The molecule has 3 aromatic carbocycles. The van der Waals surface area contributed by atoms with Gasteiger partial charge in [0.2, 0.25) is 5.91 Å². The molecule has 0 bridgehead atoms. The highest BCUT2D eigenvalue weighted by atomic mass is 35.5. The molecule has 3 rings (SSSR count).